The van der Waals surface area contributed by atoms with Gasteiger partial charge in [-0.1, -0.05) is 18.2 Å². The van der Waals surface area contributed by atoms with Crippen LogP contribution < -0.4 is 0 Å². The summed E-state index contributed by atoms with van der Waals surface area (Å²) in [6.07, 6.45) is 8.27. The Kier molecular flexibility index (Phi) is 4.50. The van der Waals surface area contributed by atoms with Gasteiger partial charge in [0.2, 0.25) is 5.91 Å². The number of carbonyl (C=O) groups is 1. The van der Waals surface area contributed by atoms with Gasteiger partial charge in [-0.3, -0.25) is 4.79 Å². The number of ether oxygens (including phenoxy) is 3. The molecular formula is C15H21NO4. The number of nitrogens with zero attached hydrogens (tertiary/aromatic N) is 1. The number of carbonyl (C=O) groups excluding carboxylic acids is 1. The van der Waals surface area contributed by atoms with Gasteiger partial charge in [0.15, 0.2) is 6.29 Å². The Morgan fingerprint density at radius 2 is 2.15 bits per heavy atom. The summed E-state index contributed by atoms with van der Waals surface area (Å²) in [5.74, 6) is 0.110. The van der Waals surface area contributed by atoms with Gasteiger partial charge < -0.3 is 19.1 Å². The highest BCUT2D eigenvalue weighted by Crippen LogP contribution is 2.23. The Labute approximate surface area is 119 Å². The second-order valence-electron chi connectivity index (χ2n) is 5.30. The number of allylic oxidation sites excluding steroid dienone is 2. The molecule has 3 aliphatic rings. The maximum Gasteiger partial charge on any atom is 0.250 e. The van der Waals surface area contributed by atoms with Crippen LogP contribution in [0.25, 0.3) is 0 Å². The molecular weight excluding hydrogens is 258 g/mol. The van der Waals surface area contributed by atoms with Gasteiger partial charge in [-0.2, -0.15) is 0 Å². The summed E-state index contributed by atoms with van der Waals surface area (Å²) >= 11 is 0. The molecule has 0 radical (unpaired) electrons. The van der Waals surface area contributed by atoms with E-state index in [1.54, 1.807) is 0 Å². The van der Waals surface area contributed by atoms with Crippen LogP contribution in [0.3, 0.4) is 0 Å². The van der Waals surface area contributed by atoms with Gasteiger partial charge in [-0.05, 0) is 6.42 Å². The Balaban J connectivity index is 1.55. The zero-order chi connectivity index (χ0) is 13.8. The molecule has 5 nitrogen and oxygen atoms in total. The fraction of sp³-hybridized carbons (Fsp3) is 0.667. The third kappa shape index (κ3) is 3.29. The van der Waals surface area contributed by atoms with Crippen molar-refractivity contribution in [3.8, 4) is 0 Å². The maximum absolute atomic E-state index is 12.4. The lowest BCUT2D eigenvalue weighted by atomic mass is 10.0. The molecule has 0 saturated carbocycles. The van der Waals surface area contributed by atoms with Gasteiger partial charge in [-0.25, -0.2) is 0 Å². The molecule has 2 atom stereocenters. The van der Waals surface area contributed by atoms with E-state index in [9.17, 15) is 4.79 Å². The highest BCUT2D eigenvalue weighted by atomic mass is 16.7. The highest BCUT2D eigenvalue weighted by Gasteiger charge is 2.26. The Hall–Kier alpha value is -1.17. The minimum absolute atomic E-state index is 0.0527. The molecule has 0 spiro atoms. The second kappa shape index (κ2) is 6.52. The summed E-state index contributed by atoms with van der Waals surface area (Å²) in [6, 6.07) is 0. The first-order valence-corrected chi connectivity index (χ1v) is 7.34. The van der Waals surface area contributed by atoms with Crippen molar-refractivity contribution in [3.63, 3.8) is 0 Å². The average molecular weight is 279 g/mol. The zero-order valence-corrected chi connectivity index (χ0v) is 11.6. The third-order valence-corrected chi connectivity index (χ3v) is 3.83. The molecule has 2 fully saturated rings. The van der Waals surface area contributed by atoms with E-state index in [0.29, 0.717) is 32.7 Å². The monoisotopic (exact) mass is 279 g/mol. The fourth-order valence-corrected chi connectivity index (χ4v) is 2.72. The molecule has 0 bridgehead atoms. The third-order valence-electron chi connectivity index (χ3n) is 3.83. The zero-order valence-electron chi connectivity index (χ0n) is 11.6. The average Bonchev–Trinajstić information content (AvgIpc) is 3.01. The van der Waals surface area contributed by atoms with Crippen molar-refractivity contribution >= 4 is 5.91 Å². The van der Waals surface area contributed by atoms with Gasteiger partial charge >= 0.3 is 0 Å². The van der Waals surface area contributed by atoms with Crippen molar-refractivity contribution in [2.75, 3.05) is 32.9 Å². The summed E-state index contributed by atoms with van der Waals surface area (Å²) in [5.41, 5.74) is 0.817. The van der Waals surface area contributed by atoms with Crippen LogP contribution in [-0.2, 0) is 19.0 Å². The Morgan fingerprint density at radius 1 is 1.30 bits per heavy atom. The van der Waals surface area contributed by atoms with E-state index < -0.39 is 0 Å². The van der Waals surface area contributed by atoms with Crippen molar-refractivity contribution in [1.29, 1.82) is 0 Å². The highest BCUT2D eigenvalue weighted by molar-refractivity contribution is 5.94. The molecule has 2 saturated heterocycles. The van der Waals surface area contributed by atoms with Crippen molar-refractivity contribution < 1.29 is 19.0 Å². The van der Waals surface area contributed by atoms with Crippen LogP contribution in [0, 0.1) is 0 Å². The minimum atomic E-state index is -0.109. The standard InChI is InChI=1S/C15H21NO4/c17-15(16-6-9-18-10-7-16)12-3-1-4-13(11-12)20-14-5-2-8-19-14/h1,3-4,13-14H,2,5-11H2. The van der Waals surface area contributed by atoms with E-state index >= 15 is 0 Å². The van der Waals surface area contributed by atoms with Gasteiger partial charge in [-0.15, -0.1) is 0 Å². The molecule has 1 amide bonds. The molecule has 2 unspecified atom stereocenters. The number of hydrogen-bond acceptors (Lipinski definition) is 4. The van der Waals surface area contributed by atoms with Crippen LogP contribution >= 0.6 is 0 Å². The van der Waals surface area contributed by atoms with E-state index in [4.69, 9.17) is 14.2 Å². The summed E-state index contributed by atoms with van der Waals surface area (Å²) in [6.45, 7) is 3.39. The van der Waals surface area contributed by atoms with Crippen LogP contribution in [0.4, 0.5) is 0 Å². The van der Waals surface area contributed by atoms with Crippen molar-refractivity contribution in [3.05, 3.63) is 23.8 Å². The van der Waals surface area contributed by atoms with Crippen LogP contribution in [0.5, 0.6) is 0 Å². The van der Waals surface area contributed by atoms with Crippen molar-refractivity contribution in [1.82, 2.24) is 4.90 Å². The van der Waals surface area contributed by atoms with E-state index in [-0.39, 0.29) is 18.3 Å². The second-order valence-corrected chi connectivity index (χ2v) is 5.30. The lowest BCUT2D eigenvalue weighted by Gasteiger charge is -2.29. The molecule has 3 rings (SSSR count). The quantitative estimate of drug-likeness (QED) is 0.780. The first-order chi connectivity index (χ1) is 9.83. The topological polar surface area (TPSA) is 48.0 Å². The SMILES string of the molecule is O=C(C1=CC=CC(OC2CCCO2)C1)N1CCOCC1. The predicted octanol–water partition coefficient (Wildman–Crippen LogP) is 1.25. The molecule has 0 aromatic heterocycles. The van der Waals surface area contributed by atoms with Crippen LogP contribution in [-0.4, -0.2) is 56.1 Å². The Morgan fingerprint density at radius 3 is 2.90 bits per heavy atom. The minimum Gasteiger partial charge on any atom is -0.378 e. The van der Waals surface area contributed by atoms with Crippen molar-refractivity contribution in [2.24, 2.45) is 0 Å². The maximum atomic E-state index is 12.4. The molecule has 0 aromatic rings. The van der Waals surface area contributed by atoms with E-state index in [1.807, 2.05) is 23.1 Å². The van der Waals surface area contributed by atoms with E-state index in [0.717, 1.165) is 25.0 Å². The molecule has 110 valence electrons. The molecule has 1 aliphatic carbocycles. The number of morpholine rings is 1. The molecule has 2 aliphatic heterocycles. The number of amides is 1. The summed E-state index contributed by atoms with van der Waals surface area (Å²) in [5, 5.41) is 0. The van der Waals surface area contributed by atoms with Gasteiger partial charge in [0.25, 0.3) is 0 Å². The smallest absolute Gasteiger partial charge is 0.250 e. The molecule has 2 heterocycles. The normalized spacial score (nSPS) is 30.4. The lowest BCUT2D eigenvalue weighted by molar-refractivity contribution is -0.137. The van der Waals surface area contributed by atoms with Crippen LogP contribution in [0.2, 0.25) is 0 Å². The number of rotatable bonds is 3. The van der Waals surface area contributed by atoms with Gasteiger partial charge in [0.1, 0.15) is 0 Å². The summed E-state index contributed by atoms with van der Waals surface area (Å²) in [4.78, 5) is 14.3. The molecule has 20 heavy (non-hydrogen) atoms. The van der Waals surface area contributed by atoms with Crippen LogP contribution in [0.15, 0.2) is 23.8 Å². The largest absolute Gasteiger partial charge is 0.378 e. The first kappa shape index (κ1) is 13.8. The Bertz CT molecular complexity index is 406. The van der Waals surface area contributed by atoms with Gasteiger partial charge in [0.05, 0.1) is 19.3 Å². The predicted molar refractivity (Wildman–Crippen MR) is 73.1 cm³/mol. The van der Waals surface area contributed by atoms with Crippen molar-refractivity contribution in [2.45, 2.75) is 31.7 Å². The fourth-order valence-electron chi connectivity index (χ4n) is 2.72. The summed E-state index contributed by atoms with van der Waals surface area (Å²) in [7, 11) is 0. The van der Waals surface area contributed by atoms with Crippen LogP contribution in [0.1, 0.15) is 19.3 Å². The van der Waals surface area contributed by atoms with E-state index in [2.05, 4.69) is 0 Å². The molecule has 5 heteroatoms. The van der Waals surface area contributed by atoms with E-state index in [1.165, 1.54) is 0 Å². The molecule has 0 N–H and O–H groups in total. The number of hydrogen-bond donors (Lipinski definition) is 0. The lowest BCUT2D eigenvalue weighted by Crippen LogP contribution is -2.42. The molecule has 0 aromatic carbocycles. The first-order valence-electron chi connectivity index (χ1n) is 7.34. The van der Waals surface area contributed by atoms with Gasteiger partial charge in [0, 0.05) is 38.1 Å². The summed E-state index contributed by atoms with van der Waals surface area (Å²) < 4.78 is 16.6.